The monoisotopic (exact) mass is 1070 g/mol. The lowest BCUT2D eigenvalue weighted by atomic mass is 9.83. The zero-order valence-corrected chi connectivity index (χ0v) is 42.7. The van der Waals surface area contributed by atoms with Crippen LogP contribution in [-0.4, -0.2) is 145 Å². The fraction of sp³-hybridized carbons (Fsp3) is 0.420. The van der Waals surface area contributed by atoms with Crippen LogP contribution in [0.15, 0.2) is 72.9 Å². The Kier molecular flexibility index (Phi) is 21.7. The van der Waals surface area contributed by atoms with E-state index < -0.39 is 132 Å². The highest BCUT2D eigenvalue weighted by Gasteiger charge is 2.38. The second kappa shape index (κ2) is 27.4. The van der Waals surface area contributed by atoms with Crippen molar-refractivity contribution in [1.82, 2.24) is 41.0 Å². The third-order valence-corrected chi connectivity index (χ3v) is 12.4. The number of carbonyl (C=O) groups is 11. The number of aliphatic carboxylic acids is 2. The van der Waals surface area contributed by atoms with Gasteiger partial charge in [-0.3, -0.25) is 52.8 Å². The van der Waals surface area contributed by atoms with Crippen molar-refractivity contribution in [1.29, 1.82) is 0 Å². The van der Waals surface area contributed by atoms with E-state index >= 15 is 4.39 Å². The maximum atomic E-state index is 15.4. The van der Waals surface area contributed by atoms with E-state index in [-0.39, 0.29) is 49.5 Å². The Hall–Kier alpha value is -7.96. The molecule has 1 aliphatic rings. The number of imide groups is 1. The van der Waals surface area contributed by atoms with Crippen LogP contribution in [0.4, 0.5) is 8.78 Å². The summed E-state index contributed by atoms with van der Waals surface area (Å²) < 4.78 is 31.8. The van der Waals surface area contributed by atoms with Crippen LogP contribution in [0.1, 0.15) is 77.6 Å². The van der Waals surface area contributed by atoms with Crippen molar-refractivity contribution in [2.45, 2.75) is 97.1 Å². The van der Waals surface area contributed by atoms with E-state index in [0.717, 1.165) is 47.7 Å². The predicted molar refractivity (Wildman–Crippen MR) is 267 cm³/mol. The average molecular weight is 1070 g/mol. The fourth-order valence-corrected chi connectivity index (χ4v) is 8.65. The number of carboxylic acid groups (broad SMARTS) is 2. The van der Waals surface area contributed by atoms with Gasteiger partial charge in [0.2, 0.25) is 41.4 Å². The maximum absolute atomic E-state index is 15.4. The van der Waals surface area contributed by atoms with Gasteiger partial charge in [0.25, 0.3) is 11.8 Å². The molecule has 3 aromatic rings. The topological polar surface area (TPSA) is 326 Å². The number of nitrogens with zero attached hydrogens (tertiary/aromatic N) is 3. The summed E-state index contributed by atoms with van der Waals surface area (Å²) in [5.74, 6) is -11.6. The summed E-state index contributed by atoms with van der Waals surface area (Å²) in [6.45, 7) is 7.55. The molecule has 0 radical (unpaired) electrons. The molecular formula is C50H61F2N9O13S. The molecule has 25 heteroatoms. The molecule has 1 aliphatic heterocycles. The van der Waals surface area contributed by atoms with Gasteiger partial charge in [-0.25, -0.2) is 13.6 Å². The van der Waals surface area contributed by atoms with Crippen molar-refractivity contribution in [3.05, 3.63) is 95.8 Å². The SMILES string of the molecule is C[C@H](NC(=O)CN1C(=O)C=CC1=O)C(=O)N[C@H](C)C(=O)N[C@@H](CC(N)=O)C(=O)NCCCN(C(=O)CSCCC(=O)N[C@H](CC(=O)O)C(=O)O)[C@@H](c1cc(-c2cc(F)ccc2F)cn1Cc1ccccc1)C(C)(C)C. The van der Waals surface area contributed by atoms with E-state index in [1.54, 1.807) is 17.2 Å². The number of amides is 9. The highest BCUT2D eigenvalue weighted by molar-refractivity contribution is 7.99. The van der Waals surface area contributed by atoms with Gasteiger partial charge in [0.1, 0.15) is 42.3 Å². The first kappa shape index (κ1) is 59.6. The number of nitrogens with one attached hydrogen (secondary N) is 5. The van der Waals surface area contributed by atoms with Gasteiger partial charge in [0.15, 0.2) is 0 Å². The van der Waals surface area contributed by atoms with Gasteiger partial charge in [-0.15, -0.1) is 0 Å². The van der Waals surface area contributed by atoms with Gasteiger partial charge in [-0.1, -0.05) is 51.1 Å². The Labute approximate surface area is 434 Å². The van der Waals surface area contributed by atoms with Gasteiger partial charge >= 0.3 is 11.9 Å². The Bertz CT molecular complexity index is 2660. The highest BCUT2D eigenvalue weighted by atomic mass is 32.2. The predicted octanol–water partition coefficient (Wildman–Crippen LogP) is 1.37. The molecule has 1 aromatic heterocycles. The number of rotatable bonds is 28. The minimum atomic E-state index is -1.67. The van der Waals surface area contributed by atoms with Crippen molar-refractivity contribution in [3.8, 4) is 11.1 Å². The number of primary amides is 1. The minimum absolute atomic E-state index is 0.0165. The van der Waals surface area contributed by atoms with Crippen LogP contribution in [0.25, 0.3) is 11.1 Å². The van der Waals surface area contributed by atoms with Crippen LogP contribution in [0.3, 0.4) is 0 Å². The summed E-state index contributed by atoms with van der Waals surface area (Å²) in [5, 5.41) is 30.3. The van der Waals surface area contributed by atoms with Gasteiger partial charge < -0.3 is 52.0 Å². The molecule has 0 aliphatic carbocycles. The number of thioether (sulfide) groups is 1. The van der Waals surface area contributed by atoms with Crippen LogP contribution in [0, 0.1) is 17.0 Å². The summed E-state index contributed by atoms with van der Waals surface area (Å²) in [4.78, 5) is 140. The molecule has 0 bridgehead atoms. The van der Waals surface area contributed by atoms with E-state index in [0.29, 0.717) is 16.2 Å². The van der Waals surface area contributed by atoms with E-state index in [1.807, 2.05) is 55.7 Å². The van der Waals surface area contributed by atoms with Crippen LogP contribution in [-0.2, 0) is 59.3 Å². The van der Waals surface area contributed by atoms with Crippen LogP contribution in [0.5, 0.6) is 0 Å². The third-order valence-electron chi connectivity index (χ3n) is 11.4. The fourth-order valence-electron chi connectivity index (χ4n) is 7.84. The highest BCUT2D eigenvalue weighted by Crippen LogP contribution is 2.41. The van der Waals surface area contributed by atoms with Crippen molar-refractivity contribution in [2.75, 3.05) is 31.1 Å². The minimum Gasteiger partial charge on any atom is -0.481 e. The van der Waals surface area contributed by atoms with Crippen molar-refractivity contribution < 1.29 is 71.7 Å². The number of carboxylic acids is 2. The molecule has 4 rings (SSSR count). The third kappa shape index (κ3) is 18.2. The standard InChI is InChI=1S/C50H61F2N9O13S/c1-28(55-40(64)26-61-41(65)14-15-42(61)66)46(70)56-29(2)47(71)58-35(22-38(53)62)48(72)54-17-9-18-60(43(67)27-75-19-16-39(63)57-36(49(73)74)23-44(68)69)45(50(3,4)5)37-20-31(33-21-32(51)12-13-34(33)52)25-59(37)24-30-10-7-6-8-11-30/h6-8,10-15,20-21,25,28-29,35-36,45H,9,16-19,22-24,26-27H2,1-5H3,(H2,53,62)(H,54,72)(H,55,64)(H,56,70)(H,57,63)(H,58,71)(H,68,69)(H,73,74)/t28-,29+,35-,36+,45-/m0/s1. The Balaban J connectivity index is 1.54. The Morgan fingerprint density at radius 3 is 2.04 bits per heavy atom. The molecule has 0 unspecified atom stereocenters. The number of benzene rings is 2. The first-order valence-corrected chi connectivity index (χ1v) is 24.7. The van der Waals surface area contributed by atoms with Crippen molar-refractivity contribution in [3.63, 3.8) is 0 Å². The second-order valence-electron chi connectivity index (χ2n) is 18.6. The lowest BCUT2D eigenvalue weighted by Crippen LogP contribution is -2.56. The Morgan fingerprint density at radius 1 is 0.787 bits per heavy atom. The van der Waals surface area contributed by atoms with Gasteiger partial charge in [0.05, 0.1) is 24.6 Å². The first-order chi connectivity index (χ1) is 35.2. The van der Waals surface area contributed by atoms with E-state index in [2.05, 4.69) is 26.6 Å². The number of halogens is 2. The molecule has 2 aromatic carbocycles. The molecule has 22 nitrogen and oxygen atoms in total. The molecule has 0 spiro atoms. The summed E-state index contributed by atoms with van der Waals surface area (Å²) in [5.41, 5.74) is 6.30. The van der Waals surface area contributed by atoms with Crippen LogP contribution < -0.4 is 32.3 Å². The first-order valence-electron chi connectivity index (χ1n) is 23.6. The average Bonchev–Trinajstić information content (AvgIpc) is 3.88. The number of carbonyl (C=O) groups excluding carboxylic acids is 9. The lowest BCUT2D eigenvalue weighted by molar-refractivity contribution is -0.147. The summed E-state index contributed by atoms with van der Waals surface area (Å²) in [6.07, 6.45) is 1.91. The maximum Gasteiger partial charge on any atom is 0.326 e. The zero-order chi connectivity index (χ0) is 55.7. The molecule has 0 saturated carbocycles. The molecule has 5 atom stereocenters. The zero-order valence-electron chi connectivity index (χ0n) is 41.9. The van der Waals surface area contributed by atoms with E-state index in [1.165, 1.54) is 13.8 Å². The smallest absolute Gasteiger partial charge is 0.326 e. The molecule has 75 heavy (non-hydrogen) atoms. The molecule has 404 valence electrons. The van der Waals surface area contributed by atoms with Gasteiger partial charge in [-0.05, 0) is 55.5 Å². The summed E-state index contributed by atoms with van der Waals surface area (Å²) >= 11 is 1.04. The number of aromatic nitrogens is 1. The molecular weight excluding hydrogens is 1000 g/mol. The normalized spacial score (nSPS) is 14.2. The largest absolute Gasteiger partial charge is 0.481 e. The second-order valence-corrected chi connectivity index (χ2v) is 19.7. The van der Waals surface area contributed by atoms with Crippen molar-refractivity contribution in [2.24, 2.45) is 11.1 Å². The molecule has 9 amide bonds. The number of hydrogen-bond donors (Lipinski definition) is 8. The number of hydrogen-bond acceptors (Lipinski definition) is 12. The molecule has 9 N–H and O–H groups in total. The summed E-state index contributed by atoms with van der Waals surface area (Å²) in [6, 6.07) is 7.37. The van der Waals surface area contributed by atoms with Crippen molar-refractivity contribution >= 4 is 76.9 Å². The number of nitrogens with two attached hydrogens (primary N) is 1. The molecule has 2 heterocycles. The Morgan fingerprint density at radius 2 is 1.43 bits per heavy atom. The molecule has 0 saturated heterocycles. The lowest BCUT2D eigenvalue weighted by Gasteiger charge is -2.41. The van der Waals surface area contributed by atoms with E-state index in [4.69, 9.17) is 10.8 Å². The summed E-state index contributed by atoms with van der Waals surface area (Å²) in [7, 11) is 0. The van der Waals surface area contributed by atoms with Crippen LogP contribution in [0.2, 0.25) is 0 Å². The van der Waals surface area contributed by atoms with E-state index in [9.17, 15) is 62.2 Å². The van der Waals surface area contributed by atoms with Crippen LogP contribution >= 0.6 is 11.8 Å². The molecule has 0 fully saturated rings. The van der Waals surface area contributed by atoms with Gasteiger partial charge in [-0.2, -0.15) is 11.8 Å². The quantitative estimate of drug-likeness (QED) is 0.0376. The van der Waals surface area contributed by atoms with Gasteiger partial charge in [0, 0.05) is 67.0 Å².